The summed E-state index contributed by atoms with van der Waals surface area (Å²) in [6.07, 6.45) is 4.06. The van der Waals surface area contributed by atoms with Crippen molar-refractivity contribution in [1.82, 2.24) is 0 Å². The van der Waals surface area contributed by atoms with Gasteiger partial charge in [0.25, 0.3) is 0 Å². The lowest BCUT2D eigenvalue weighted by atomic mass is 10.2. The molecule has 0 aromatic heterocycles. The lowest BCUT2D eigenvalue weighted by Crippen LogP contribution is -2.27. The highest BCUT2D eigenvalue weighted by molar-refractivity contribution is 5.71. The van der Waals surface area contributed by atoms with Gasteiger partial charge in [-0.05, 0) is 39.1 Å². The molecule has 27 heavy (non-hydrogen) atoms. The molecule has 0 aromatic rings. The minimum Gasteiger partial charge on any atom is -0.458 e. The fourth-order valence-corrected chi connectivity index (χ4v) is 1.97. The summed E-state index contributed by atoms with van der Waals surface area (Å²) in [4.78, 5) is 14.1. The van der Waals surface area contributed by atoms with Gasteiger partial charge in [0.15, 0.2) is 0 Å². The van der Waals surface area contributed by atoms with Crippen LogP contribution in [0.25, 0.3) is 10.4 Å². The van der Waals surface area contributed by atoms with E-state index in [1.807, 2.05) is 20.8 Å². The molecule has 0 bridgehead atoms. The van der Waals surface area contributed by atoms with Crippen LogP contribution in [-0.4, -0.2) is 71.0 Å². The molecule has 0 radical (unpaired) electrons. The summed E-state index contributed by atoms with van der Waals surface area (Å²) in [7, 11) is 0. The zero-order valence-corrected chi connectivity index (χ0v) is 17.0. The van der Waals surface area contributed by atoms with E-state index in [2.05, 4.69) is 10.0 Å². The van der Waals surface area contributed by atoms with Gasteiger partial charge < -0.3 is 23.7 Å². The number of nitrogens with zero attached hydrogens (tertiary/aromatic N) is 3. The Labute approximate surface area is 162 Å². The van der Waals surface area contributed by atoms with Crippen LogP contribution in [0, 0.1) is 0 Å². The van der Waals surface area contributed by atoms with Crippen LogP contribution in [0.3, 0.4) is 0 Å². The van der Waals surface area contributed by atoms with Crippen LogP contribution in [0.5, 0.6) is 0 Å². The maximum atomic E-state index is 11.4. The first kappa shape index (κ1) is 25.6. The summed E-state index contributed by atoms with van der Waals surface area (Å²) in [5, 5.41) is 3.49. The van der Waals surface area contributed by atoms with Crippen molar-refractivity contribution in [2.75, 3.05) is 59.4 Å². The number of carbonyl (C=O) groups excluding carboxylic acids is 1. The van der Waals surface area contributed by atoms with E-state index in [0.29, 0.717) is 46.2 Å². The van der Waals surface area contributed by atoms with Gasteiger partial charge in [0.2, 0.25) is 0 Å². The Morgan fingerprint density at radius 3 is 1.89 bits per heavy atom. The molecule has 0 amide bonds. The van der Waals surface area contributed by atoms with Crippen LogP contribution in [0.2, 0.25) is 0 Å². The molecule has 0 rings (SSSR count). The minimum atomic E-state index is -0.494. The Morgan fingerprint density at radius 2 is 1.33 bits per heavy atom. The van der Waals surface area contributed by atoms with E-state index in [9.17, 15) is 4.79 Å². The smallest absolute Gasteiger partial charge is 0.332 e. The number of azide groups is 1. The molecule has 0 N–H and O–H groups in total. The van der Waals surface area contributed by atoms with E-state index >= 15 is 0 Å². The lowest BCUT2D eigenvalue weighted by molar-refractivity contribution is -0.160. The molecule has 0 aromatic carbocycles. The number of rotatable bonds is 18. The number of hydrogen-bond acceptors (Lipinski definition) is 7. The van der Waals surface area contributed by atoms with Crippen molar-refractivity contribution in [3.05, 3.63) is 10.4 Å². The maximum Gasteiger partial charge on any atom is 0.332 e. The fraction of sp³-hybridized carbons (Fsp3) is 0.944. The SMILES string of the molecule is CC(C)(C)OC(=O)COCCOCCOCCOCCCCCCN=[N+]=[N-]. The third-order valence-corrected chi connectivity index (χ3v) is 3.12. The van der Waals surface area contributed by atoms with Crippen molar-refractivity contribution in [2.24, 2.45) is 5.11 Å². The van der Waals surface area contributed by atoms with Crippen molar-refractivity contribution in [1.29, 1.82) is 0 Å². The second-order valence-electron chi connectivity index (χ2n) is 6.84. The molecule has 0 spiro atoms. The molecular formula is C18H35N3O6. The van der Waals surface area contributed by atoms with Crippen LogP contribution in [-0.2, 0) is 28.5 Å². The standard InChI is InChI=1S/C18H35N3O6/c1-18(2,3)27-17(22)16-26-15-14-25-13-12-24-11-10-23-9-7-5-4-6-8-20-21-19/h4-16H2,1-3H3. The van der Waals surface area contributed by atoms with Crippen molar-refractivity contribution >= 4 is 5.97 Å². The molecule has 0 saturated heterocycles. The van der Waals surface area contributed by atoms with Gasteiger partial charge in [0, 0.05) is 18.1 Å². The first-order valence-electron chi connectivity index (χ1n) is 9.49. The highest BCUT2D eigenvalue weighted by atomic mass is 16.6. The van der Waals surface area contributed by atoms with Crippen LogP contribution in [0.1, 0.15) is 46.5 Å². The average molecular weight is 389 g/mol. The van der Waals surface area contributed by atoms with Crippen molar-refractivity contribution in [3.8, 4) is 0 Å². The number of carbonyl (C=O) groups is 1. The second-order valence-corrected chi connectivity index (χ2v) is 6.84. The molecule has 0 heterocycles. The molecule has 0 fully saturated rings. The number of unbranched alkanes of at least 4 members (excludes halogenated alkanes) is 3. The fourth-order valence-electron chi connectivity index (χ4n) is 1.97. The van der Waals surface area contributed by atoms with Crippen molar-refractivity contribution in [2.45, 2.75) is 52.1 Å². The van der Waals surface area contributed by atoms with Crippen LogP contribution >= 0.6 is 0 Å². The maximum absolute atomic E-state index is 11.4. The summed E-state index contributed by atoms with van der Waals surface area (Å²) in [6, 6.07) is 0. The quantitative estimate of drug-likeness (QED) is 0.117. The predicted octanol–water partition coefficient (Wildman–Crippen LogP) is 3.27. The average Bonchev–Trinajstić information content (AvgIpc) is 2.59. The monoisotopic (exact) mass is 389 g/mol. The Bertz CT molecular complexity index is 408. The molecule has 0 aliphatic heterocycles. The van der Waals surface area contributed by atoms with E-state index in [4.69, 9.17) is 29.2 Å². The number of hydrogen-bond donors (Lipinski definition) is 0. The minimum absolute atomic E-state index is 0.0672. The van der Waals surface area contributed by atoms with E-state index in [0.717, 1.165) is 32.3 Å². The first-order valence-corrected chi connectivity index (χ1v) is 9.49. The van der Waals surface area contributed by atoms with Crippen LogP contribution < -0.4 is 0 Å². The van der Waals surface area contributed by atoms with E-state index in [-0.39, 0.29) is 12.6 Å². The van der Waals surface area contributed by atoms with Gasteiger partial charge in [-0.2, -0.15) is 0 Å². The van der Waals surface area contributed by atoms with Crippen molar-refractivity contribution < 1.29 is 28.5 Å². The highest BCUT2D eigenvalue weighted by Crippen LogP contribution is 2.06. The Hall–Kier alpha value is -1.38. The van der Waals surface area contributed by atoms with Gasteiger partial charge >= 0.3 is 5.97 Å². The summed E-state index contributed by atoms with van der Waals surface area (Å²) >= 11 is 0. The molecule has 0 unspecified atom stereocenters. The Balaban J connectivity index is 3.15. The zero-order chi connectivity index (χ0) is 20.2. The van der Waals surface area contributed by atoms with Gasteiger partial charge in [0.05, 0.1) is 39.6 Å². The molecule has 9 nitrogen and oxygen atoms in total. The van der Waals surface area contributed by atoms with Crippen molar-refractivity contribution in [3.63, 3.8) is 0 Å². The molecule has 0 saturated carbocycles. The van der Waals surface area contributed by atoms with Gasteiger partial charge in [0.1, 0.15) is 12.2 Å². The summed E-state index contributed by atoms with van der Waals surface area (Å²) < 4.78 is 26.5. The molecule has 158 valence electrons. The Morgan fingerprint density at radius 1 is 0.815 bits per heavy atom. The third kappa shape index (κ3) is 22.6. The van der Waals surface area contributed by atoms with Crippen LogP contribution in [0.15, 0.2) is 5.11 Å². The number of ether oxygens (including phenoxy) is 5. The largest absolute Gasteiger partial charge is 0.458 e. The van der Waals surface area contributed by atoms with E-state index in [1.54, 1.807) is 0 Å². The second kappa shape index (κ2) is 18.0. The molecular weight excluding hydrogens is 354 g/mol. The topological polar surface area (TPSA) is 112 Å². The Kier molecular flexibility index (Phi) is 17.1. The number of esters is 1. The molecule has 0 atom stereocenters. The molecule has 0 aliphatic carbocycles. The predicted molar refractivity (Wildman–Crippen MR) is 102 cm³/mol. The molecule has 0 aliphatic rings. The summed E-state index contributed by atoms with van der Waals surface area (Å²) in [5.41, 5.74) is 7.64. The van der Waals surface area contributed by atoms with Gasteiger partial charge in [-0.25, -0.2) is 4.79 Å². The van der Waals surface area contributed by atoms with Gasteiger partial charge in [-0.3, -0.25) is 0 Å². The molecule has 9 heteroatoms. The zero-order valence-electron chi connectivity index (χ0n) is 17.0. The lowest BCUT2D eigenvalue weighted by Gasteiger charge is -2.19. The van der Waals surface area contributed by atoms with Crippen LogP contribution in [0.4, 0.5) is 0 Å². The highest BCUT2D eigenvalue weighted by Gasteiger charge is 2.15. The van der Waals surface area contributed by atoms with E-state index in [1.165, 1.54) is 0 Å². The summed E-state index contributed by atoms with van der Waals surface area (Å²) in [5.74, 6) is -0.376. The summed E-state index contributed by atoms with van der Waals surface area (Å²) in [6.45, 7) is 9.49. The normalized spacial score (nSPS) is 11.2. The first-order chi connectivity index (χ1) is 13.0. The van der Waals surface area contributed by atoms with E-state index < -0.39 is 5.60 Å². The third-order valence-electron chi connectivity index (χ3n) is 3.12. The van der Waals surface area contributed by atoms with Gasteiger partial charge in [-0.15, -0.1) is 0 Å². The van der Waals surface area contributed by atoms with Gasteiger partial charge in [-0.1, -0.05) is 18.0 Å².